The molecule has 41 nitrogen and oxygen atoms in total. The topological polar surface area (TPSA) is 571 Å². The molecule has 41 heteroatoms. The van der Waals surface area contributed by atoms with Crippen LogP contribution in [0.2, 0.25) is 0 Å². The van der Waals surface area contributed by atoms with Gasteiger partial charge in [-0.15, -0.1) is 0 Å². The third-order valence-electron chi connectivity index (χ3n) is 13.3. The van der Waals surface area contributed by atoms with Crippen LogP contribution in [0.3, 0.4) is 0 Å². The summed E-state index contributed by atoms with van der Waals surface area (Å²) in [6.07, 6.45) is 14.6. The van der Waals surface area contributed by atoms with Crippen molar-refractivity contribution < 1.29 is 14.4 Å². The molecule has 0 spiro atoms. The first kappa shape index (κ1) is 70.7. The summed E-state index contributed by atoms with van der Waals surface area (Å²) in [7, 11) is 8.04. The van der Waals surface area contributed by atoms with Gasteiger partial charge in [-0.25, -0.2) is 69.2 Å². The number of anilines is 2. The van der Waals surface area contributed by atoms with Gasteiger partial charge in [-0.05, 0) is 6.92 Å². The lowest BCUT2D eigenvalue weighted by atomic mass is 10.1. The van der Waals surface area contributed by atoms with Gasteiger partial charge in [-0.3, -0.25) is 67.2 Å². The maximum Gasteiger partial charge on any atom is 0.332 e. The van der Waals surface area contributed by atoms with Crippen molar-refractivity contribution in [3.63, 3.8) is 0 Å². The number of Topliss-reactive ketones (excluding diaryl/α,β-unsaturated/α-hetero) is 1. The number of hydrogen-bond donors (Lipinski definition) is 14. The minimum absolute atomic E-state index is 0. The summed E-state index contributed by atoms with van der Waals surface area (Å²) in [5.41, 5.74) is 14.0. The third kappa shape index (κ3) is 15.6. The van der Waals surface area contributed by atoms with Crippen LogP contribution >= 0.6 is 0 Å². The van der Waals surface area contributed by atoms with Crippen LogP contribution in [0.5, 0.6) is 0 Å². The standard InChI is InChI=1S/C8H10N4O2.C7H8N4O2.C7H7N3O2.C6H7N5.C6H6N4O.C6H5N3O2.C6H7N3O.C5H5N5.3CH4/c1-10-4-9-6-5(10)7(13)12(3)8(14)11(6)2;1-10-3-8-5-4(10)6(12)9-7(13)11(5)2;1-3-8-6-4(7(12)9-3)2-5(11)10-6;1-3-10-5(7)4-6(11-3)9-2-8-4;1-3-9-5-4(6(11)10-3)7-2-8-5;10-5-3-1-2-7-4(3)8-6(11)9-5;10-4-1-2-7-6-5(4)8-3-9-6;6-4-3-5(9-1-7-3)10-2-8-4;;;/h4H,1-3H3;3H,1-2H3,(H,9,12,13);8H,1-2H2,(H,9,12)(H,10,11);2,11H,1H2,(H2,7,10)(H,8,9);2H,1H3,(H2,7,8,9,10,11);2H,1H2,(H2,8,9,10,11);2-3,5-6H,1H2,(H,8,9);1-2H,(H3,6,7,8,9,10);3*1H4. The number of nitrogens with zero attached hydrogens (tertiary/aromatic N) is 17. The number of carbonyl (C=O) groups is 3. The number of aliphatic imine (C=N–C) groups is 4. The number of amidine groups is 1. The fourth-order valence-corrected chi connectivity index (χ4v) is 8.78. The molecule has 16 rings (SSSR count). The highest BCUT2D eigenvalue weighted by Gasteiger charge is 2.32. The van der Waals surface area contributed by atoms with Crippen LogP contribution in [-0.4, -0.2) is 152 Å². The number of fused-ring (bicyclic) bond motifs is 7. The molecule has 0 aliphatic carbocycles. The smallest absolute Gasteiger partial charge is 0.332 e. The number of nitrogen functional groups attached to an aromatic ring is 1. The molecule has 0 radical (unpaired) electrons. The third-order valence-corrected chi connectivity index (χ3v) is 13.3. The van der Waals surface area contributed by atoms with Crippen LogP contribution in [0.15, 0.2) is 128 Å². The van der Waals surface area contributed by atoms with Gasteiger partial charge < -0.3 is 67.1 Å². The largest absolute Gasteiger partial charge is 0.382 e. The molecule has 16 N–H and O–H groups in total. The molecule has 6 aliphatic rings. The summed E-state index contributed by atoms with van der Waals surface area (Å²) >= 11 is 0. The van der Waals surface area contributed by atoms with E-state index in [1.807, 2.05) is 0 Å². The second-order valence-corrected chi connectivity index (χ2v) is 19.6. The summed E-state index contributed by atoms with van der Waals surface area (Å²) in [4.78, 5) is 176. The first-order chi connectivity index (χ1) is 43.9. The molecule has 16 heterocycles. The van der Waals surface area contributed by atoms with Gasteiger partial charge in [0, 0.05) is 60.5 Å². The van der Waals surface area contributed by atoms with Gasteiger partial charge in [0.25, 0.3) is 28.1 Å². The highest BCUT2D eigenvalue weighted by molar-refractivity contribution is 6.04. The molecule has 95 heavy (non-hydrogen) atoms. The monoisotopic (exact) mass is 1310 g/mol. The minimum atomic E-state index is -0.507. The maximum atomic E-state index is 11.7. The molecular weight excluding hydrogens is 1240 g/mol. The van der Waals surface area contributed by atoms with Crippen molar-refractivity contribution in [1.29, 1.82) is 0 Å². The van der Waals surface area contributed by atoms with Crippen LogP contribution in [0.25, 0.3) is 44.7 Å². The van der Waals surface area contributed by atoms with Crippen molar-refractivity contribution in [3.8, 4) is 0 Å². The zero-order valence-corrected chi connectivity index (χ0v) is 49.2. The fourth-order valence-electron chi connectivity index (χ4n) is 8.78. The Balaban J connectivity index is 0.000000171. The van der Waals surface area contributed by atoms with Crippen LogP contribution in [0.1, 0.15) is 52.2 Å². The Bertz CT molecular complexity index is 5200. The number of hydrogen-bond acceptors (Lipinski definition) is 27. The van der Waals surface area contributed by atoms with Crippen molar-refractivity contribution >= 4 is 104 Å². The van der Waals surface area contributed by atoms with Crippen LogP contribution < -0.4 is 77.4 Å². The van der Waals surface area contributed by atoms with E-state index in [4.69, 9.17) is 11.5 Å². The van der Waals surface area contributed by atoms with Gasteiger partial charge >= 0.3 is 17.1 Å². The summed E-state index contributed by atoms with van der Waals surface area (Å²) in [6.45, 7) is 8.85. The number of aryl methyl sites for hydroxylation is 5. The van der Waals surface area contributed by atoms with Crippen LogP contribution in [0.4, 0.5) is 17.5 Å². The first-order valence-electron chi connectivity index (χ1n) is 26.7. The molecule has 0 bridgehead atoms. The molecule has 0 fully saturated rings. The van der Waals surface area contributed by atoms with E-state index in [0.717, 1.165) is 10.3 Å². The van der Waals surface area contributed by atoms with E-state index in [0.29, 0.717) is 115 Å². The average molecular weight is 1310 g/mol. The van der Waals surface area contributed by atoms with Crippen molar-refractivity contribution in [2.45, 2.75) is 60.7 Å². The zero-order valence-electron chi connectivity index (χ0n) is 49.2. The van der Waals surface area contributed by atoms with E-state index in [1.165, 1.54) is 47.8 Å². The molecular formula is C54H67N31O10. The quantitative estimate of drug-likeness (QED) is 0.0736. The Morgan fingerprint density at radius 2 is 1.31 bits per heavy atom. The van der Waals surface area contributed by atoms with Crippen molar-refractivity contribution in [3.05, 3.63) is 164 Å². The SMILES string of the molecule is C.C.C.C=C1N=C(N)c2[nH]cnc2N1.C=C1NC(=O)C2=C(N1)NC(=O)C2.Cc1nc2nc[nH]c2c(=O)[nH]1.Cn1c(=O)c2c(ncn2C)n(C)c1=O.Cn1cnc2c1c(=O)[nH]c(=O)n2C.Nc1ncnc2nc[nH]c12.O=C1CC=NC2N=CNC12.O=c1[nH]c2c(c(=O)[nH]1)CC=N2. The maximum absolute atomic E-state index is 11.7. The molecule has 0 saturated heterocycles. The lowest BCUT2D eigenvalue weighted by Gasteiger charge is -2.17. The normalized spacial score (nSPS) is 15.3. The number of rotatable bonds is 0. The average Bonchev–Trinajstić information content (AvgIpc) is 1.63. The molecule has 6 aliphatic heterocycles. The van der Waals surface area contributed by atoms with Crippen LogP contribution in [0, 0.1) is 6.92 Å². The van der Waals surface area contributed by atoms with E-state index in [-0.39, 0.29) is 80.9 Å². The van der Waals surface area contributed by atoms with Crippen molar-refractivity contribution in [2.24, 2.45) is 60.9 Å². The molecule has 2 amide bonds. The number of nitrogens with two attached hydrogens (primary N) is 2. The van der Waals surface area contributed by atoms with E-state index in [2.05, 4.69) is 134 Å². The van der Waals surface area contributed by atoms with Gasteiger partial charge in [-0.1, -0.05) is 35.4 Å². The number of aromatic nitrogens is 20. The van der Waals surface area contributed by atoms with Gasteiger partial charge in [0.05, 0.1) is 55.5 Å². The van der Waals surface area contributed by atoms with Crippen molar-refractivity contribution in [1.82, 2.24) is 119 Å². The number of nitrogens with one attached hydrogen (secondary N) is 12. The number of ketones is 1. The number of H-pyrrole nitrogens is 7. The van der Waals surface area contributed by atoms with Gasteiger partial charge in [-0.2, -0.15) is 0 Å². The number of imidazole rings is 5. The molecule has 0 saturated carbocycles. The molecule has 10 aromatic heterocycles. The Hall–Kier alpha value is -13.4. The summed E-state index contributed by atoms with van der Waals surface area (Å²) < 4.78 is 6.92. The minimum Gasteiger partial charge on any atom is -0.382 e. The highest BCUT2D eigenvalue weighted by Crippen LogP contribution is 2.18. The second-order valence-electron chi connectivity index (χ2n) is 19.6. The Morgan fingerprint density at radius 1 is 0.632 bits per heavy atom. The van der Waals surface area contributed by atoms with Crippen LogP contribution in [-0.2, 0) is 56.0 Å². The van der Waals surface area contributed by atoms with E-state index in [9.17, 15) is 47.9 Å². The lowest BCUT2D eigenvalue weighted by molar-refractivity contribution is -0.121. The second kappa shape index (κ2) is 29.9. The Kier molecular flexibility index (Phi) is 22.3. The molecule has 2 unspecified atom stereocenters. The summed E-state index contributed by atoms with van der Waals surface area (Å²) in [5.74, 6) is 3.62. The molecule has 2 atom stereocenters. The first-order valence-corrected chi connectivity index (χ1v) is 26.7. The lowest BCUT2D eigenvalue weighted by Crippen LogP contribution is -2.41. The van der Waals surface area contributed by atoms with E-state index < -0.39 is 16.9 Å². The molecule has 498 valence electrons. The summed E-state index contributed by atoms with van der Waals surface area (Å²) in [6, 6.07) is -0.176. The Morgan fingerprint density at radius 3 is 2.01 bits per heavy atom. The van der Waals surface area contributed by atoms with Gasteiger partial charge in [0.2, 0.25) is 5.91 Å². The zero-order chi connectivity index (χ0) is 66.2. The highest BCUT2D eigenvalue weighted by atomic mass is 16.2. The summed E-state index contributed by atoms with van der Waals surface area (Å²) in [5, 5.41) is 13.5. The van der Waals surface area contributed by atoms with Crippen molar-refractivity contribution in [2.75, 3.05) is 11.1 Å². The Labute approximate surface area is 532 Å². The predicted molar refractivity (Wildman–Crippen MR) is 352 cm³/mol. The number of aromatic amines is 7. The number of carbonyl (C=O) groups excluding carboxylic acids is 3. The van der Waals surface area contributed by atoms with E-state index >= 15 is 0 Å². The van der Waals surface area contributed by atoms with Gasteiger partial charge in [0.1, 0.15) is 52.7 Å². The molecule has 0 aromatic carbocycles. The van der Waals surface area contributed by atoms with E-state index in [1.54, 1.807) is 69.3 Å². The van der Waals surface area contributed by atoms with Gasteiger partial charge in [0.15, 0.2) is 68.6 Å². The molecule has 10 aromatic rings. The number of amides is 2. The fraction of sp³-hybridized carbons (Fsp3) is 0.259. The predicted octanol–water partition coefficient (Wildman–Crippen LogP) is -2.67.